The minimum Gasteiger partial charge on any atom is -0.355 e. The molecule has 0 aromatic heterocycles. The lowest BCUT2D eigenvalue weighted by molar-refractivity contribution is -0.135. The number of amides is 4. The Morgan fingerprint density at radius 3 is 2.32 bits per heavy atom. The summed E-state index contributed by atoms with van der Waals surface area (Å²) >= 11 is 0. The average Bonchev–Trinajstić information content (AvgIpc) is 2.95. The van der Waals surface area contributed by atoms with Gasteiger partial charge in [-0.2, -0.15) is 0 Å². The molecule has 1 heterocycles. The first-order chi connectivity index (χ1) is 13.6. The maximum absolute atomic E-state index is 13.4. The number of carbonyl (C=O) groups is 3. The lowest BCUT2D eigenvalue weighted by Crippen LogP contribution is -2.47. The van der Waals surface area contributed by atoms with Gasteiger partial charge in [0.1, 0.15) is 6.54 Å². The first kappa shape index (κ1) is 19.6. The van der Waals surface area contributed by atoms with E-state index in [2.05, 4.69) is 10.6 Å². The van der Waals surface area contributed by atoms with Gasteiger partial charge in [-0.05, 0) is 17.5 Å². The average molecular weight is 379 g/mol. The SMILES string of the molecule is CCCCNC(=O)CN1C(=O)N[C@](Cc2ccccc2)(c2ccccc2)C1=O. The molecule has 0 saturated carbocycles. The zero-order valence-electron chi connectivity index (χ0n) is 16.0. The zero-order chi connectivity index (χ0) is 20.0. The molecule has 28 heavy (non-hydrogen) atoms. The molecule has 1 saturated heterocycles. The number of unbranched alkanes of at least 4 members (excludes halogenated alkanes) is 1. The van der Waals surface area contributed by atoms with E-state index in [0.717, 1.165) is 23.3 Å². The van der Waals surface area contributed by atoms with Crippen molar-refractivity contribution in [2.75, 3.05) is 13.1 Å². The molecule has 0 aliphatic carbocycles. The molecule has 4 amide bonds. The Labute approximate surface area is 164 Å². The zero-order valence-corrected chi connectivity index (χ0v) is 16.0. The van der Waals surface area contributed by atoms with Crippen molar-refractivity contribution < 1.29 is 14.4 Å². The molecule has 1 aliphatic heterocycles. The molecular formula is C22H25N3O3. The lowest BCUT2D eigenvalue weighted by atomic mass is 9.83. The van der Waals surface area contributed by atoms with Crippen LogP contribution in [0.2, 0.25) is 0 Å². The Morgan fingerprint density at radius 2 is 1.68 bits per heavy atom. The fourth-order valence-electron chi connectivity index (χ4n) is 3.42. The van der Waals surface area contributed by atoms with Crippen LogP contribution < -0.4 is 10.6 Å². The molecule has 3 rings (SSSR count). The van der Waals surface area contributed by atoms with Crippen LogP contribution in [-0.2, 0) is 21.5 Å². The number of carbonyl (C=O) groups excluding carboxylic acids is 3. The Hall–Kier alpha value is -3.15. The summed E-state index contributed by atoms with van der Waals surface area (Å²) in [5, 5.41) is 5.62. The Morgan fingerprint density at radius 1 is 1.04 bits per heavy atom. The standard InChI is InChI=1S/C22H25N3O3/c1-2-3-14-23-19(26)16-25-20(27)22(24-21(25)28,18-12-8-5-9-13-18)15-17-10-6-4-7-11-17/h4-13H,2-3,14-16H2,1H3,(H,23,26)(H,24,28)/t22-/m1/s1. The van der Waals surface area contributed by atoms with E-state index in [9.17, 15) is 14.4 Å². The van der Waals surface area contributed by atoms with Gasteiger partial charge in [-0.1, -0.05) is 74.0 Å². The van der Waals surface area contributed by atoms with Crippen molar-refractivity contribution in [2.24, 2.45) is 0 Å². The summed E-state index contributed by atoms with van der Waals surface area (Å²) in [5.41, 5.74) is 0.406. The van der Waals surface area contributed by atoms with Crippen LogP contribution in [0.3, 0.4) is 0 Å². The third-order valence-corrected chi connectivity index (χ3v) is 4.91. The molecule has 6 heteroatoms. The van der Waals surface area contributed by atoms with Crippen LogP contribution in [0.25, 0.3) is 0 Å². The van der Waals surface area contributed by atoms with Gasteiger partial charge < -0.3 is 10.6 Å². The molecule has 0 spiro atoms. The van der Waals surface area contributed by atoms with E-state index in [-0.39, 0.29) is 12.5 Å². The van der Waals surface area contributed by atoms with Gasteiger partial charge in [-0.25, -0.2) is 4.79 Å². The molecule has 0 unspecified atom stereocenters. The van der Waals surface area contributed by atoms with E-state index >= 15 is 0 Å². The molecule has 1 aliphatic rings. The van der Waals surface area contributed by atoms with E-state index in [1.807, 2.05) is 67.6 Å². The smallest absolute Gasteiger partial charge is 0.325 e. The van der Waals surface area contributed by atoms with Crippen LogP contribution in [-0.4, -0.2) is 35.8 Å². The van der Waals surface area contributed by atoms with Crippen molar-refractivity contribution in [1.29, 1.82) is 0 Å². The summed E-state index contributed by atoms with van der Waals surface area (Å²) in [6.45, 7) is 2.28. The molecule has 1 atom stereocenters. The topological polar surface area (TPSA) is 78.5 Å². The first-order valence-electron chi connectivity index (χ1n) is 9.57. The summed E-state index contributed by atoms with van der Waals surface area (Å²) in [4.78, 5) is 39.2. The van der Waals surface area contributed by atoms with Crippen molar-refractivity contribution in [3.8, 4) is 0 Å². The molecule has 146 valence electrons. The van der Waals surface area contributed by atoms with E-state index < -0.39 is 17.5 Å². The maximum Gasteiger partial charge on any atom is 0.325 e. The number of nitrogens with one attached hydrogen (secondary N) is 2. The number of imide groups is 1. The largest absolute Gasteiger partial charge is 0.355 e. The molecule has 1 fully saturated rings. The maximum atomic E-state index is 13.4. The lowest BCUT2D eigenvalue weighted by Gasteiger charge is -2.27. The van der Waals surface area contributed by atoms with Crippen molar-refractivity contribution in [3.63, 3.8) is 0 Å². The van der Waals surface area contributed by atoms with Gasteiger partial charge in [-0.15, -0.1) is 0 Å². The van der Waals surface area contributed by atoms with Crippen LogP contribution in [0.15, 0.2) is 60.7 Å². The Balaban J connectivity index is 1.87. The normalized spacial score (nSPS) is 18.8. The Kier molecular flexibility index (Phi) is 6.09. The molecule has 6 nitrogen and oxygen atoms in total. The predicted molar refractivity (Wildman–Crippen MR) is 106 cm³/mol. The van der Waals surface area contributed by atoms with Crippen molar-refractivity contribution in [1.82, 2.24) is 15.5 Å². The molecule has 0 radical (unpaired) electrons. The summed E-state index contributed by atoms with van der Waals surface area (Å²) in [7, 11) is 0. The highest BCUT2D eigenvalue weighted by atomic mass is 16.2. The van der Waals surface area contributed by atoms with Gasteiger partial charge in [0, 0.05) is 13.0 Å². The van der Waals surface area contributed by atoms with Crippen LogP contribution in [0.5, 0.6) is 0 Å². The Bertz CT molecular complexity index is 839. The second-order valence-electron chi connectivity index (χ2n) is 6.96. The highest BCUT2D eigenvalue weighted by molar-refractivity contribution is 6.09. The highest BCUT2D eigenvalue weighted by Gasteiger charge is 2.52. The number of urea groups is 1. The van der Waals surface area contributed by atoms with Crippen LogP contribution >= 0.6 is 0 Å². The summed E-state index contributed by atoms with van der Waals surface area (Å²) in [5.74, 6) is -0.737. The fraction of sp³-hybridized carbons (Fsp3) is 0.318. The third kappa shape index (κ3) is 4.06. The summed E-state index contributed by atoms with van der Waals surface area (Å²) < 4.78 is 0. The number of rotatable bonds is 8. The van der Waals surface area contributed by atoms with Crippen LogP contribution in [0.4, 0.5) is 4.79 Å². The second kappa shape index (κ2) is 8.69. The second-order valence-corrected chi connectivity index (χ2v) is 6.96. The number of hydrogen-bond acceptors (Lipinski definition) is 3. The number of nitrogens with zero attached hydrogens (tertiary/aromatic N) is 1. The minimum atomic E-state index is -1.22. The van der Waals surface area contributed by atoms with Gasteiger partial charge >= 0.3 is 6.03 Å². The monoisotopic (exact) mass is 379 g/mol. The minimum absolute atomic E-state index is 0.280. The van der Waals surface area contributed by atoms with Crippen LogP contribution in [0.1, 0.15) is 30.9 Å². The van der Waals surface area contributed by atoms with Gasteiger partial charge in [-0.3, -0.25) is 14.5 Å². The van der Waals surface area contributed by atoms with Gasteiger partial charge in [0.25, 0.3) is 5.91 Å². The highest BCUT2D eigenvalue weighted by Crippen LogP contribution is 2.32. The summed E-state index contributed by atoms with van der Waals surface area (Å²) in [6, 6.07) is 18.2. The third-order valence-electron chi connectivity index (χ3n) is 4.91. The molecule has 2 aromatic rings. The van der Waals surface area contributed by atoms with Crippen molar-refractivity contribution in [2.45, 2.75) is 31.7 Å². The molecule has 2 N–H and O–H groups in total. The van der Waals surface area contributed by atoms with Crippen molar-refractivity contribution >= 4 is 17.8 Å². The fourth-order valence-corrected chi connectivity index (χ4v) is 3.42. The molecule has 0 bridgehead atoms. The van der Waals surface area contributed by atoms with Gasteiger partial charge in [0.05, 0.1) is 0 Å². The first-order valence-corrected chi connectivity index (χ1v) is 9.57. The number of hydrogen-bond donors (Lipinski definition) is 2. The quantitative estimate of drug-likeness (QED) is 0.547. The summed E-state index contributed by atoms with van der Waals surface area (Å²) in [6.07, 6.45) is 2.13. The van der Waals surface area contributed by atoms with Crippen molar-refractivity contribution in [3.05, 3.63) is 71.8 Å². The van der Waals surface area contributed by atoms with Gasteiger partial charge in [0.15, 0.2) is 5.54 Å². The molecular weight excluding hydrogens is 354 g/mol. The number of benzene rings is 2. The van der Waals surface area contributed by atoms with E-state index in [4.69, 9.17) is 0 Å². The predicted octanol–water partition coefficient (Wildman–Crippen LogP) is 2.59. The van der Waals surface area contributed by atoms with Crippen LogP contribution in [0, 0.1) is 0 Å². The van der Waals surface area contributed by atoms with E-state index in [1.165, 1.54) is 0 Å². The van der Waals surface area contributed by atoms with E-state index in [1.54, 1.807) is 0 Å². The molecule has 2 aromatic carbocycles. The van der Waals surface area contributed by atoms with Gasteiger partial charge in [0.2, 0.25) is 5.91 Å². The van der Waals surface area contributed by atoms with E-state index in [0.29, 0.717) is 18.5 Å².